The third kappa shape index (κ3) is 3.87. The van der Waals surface area contributed by atoms with Crippen LogP contribution in [0.4, 0.5) is 0 Å². The highest BCUT2D eigenvalue weighted by Crippen LogP contribution is 2.25. The Kier molecular flexibility index (Phi) is 5.45. The maximum absolute atomic E-state index is 12.4. The molecule has 5 nitrogen and oxygen atoms in total. The van der Waals surface area contributed by atoms with Crippen LogP contribution in [-0.2, 0) is 4.79 Å². The first kappa shape index (κ1) is 16.1. The molecule has 0 spiro atoms. The Morgan fingerprint density at radius 1 is 1.24 bits per heavy atom. The number of hydrogen-bond acceptors (Lipinski definition) is 3. The molecule has 0 saturated carbocycles. The second-order valence-electron chi connectivity index (χ2n) is 4.89. The van der Waals surface area contributed by atoms with Crippen LogP contribution in [0.5, 0.6) is 0 Å². The number of carbonyl (C=O) groups is 2. The lowest BCUT2D eigenvalue weighted by Gasteiger charge is -2.29. The summed E-state index contributed by atoms with van der Waals surface area (Å²) in [6.45, 7) is 2.89. The molecule has 1 N–H and O–H groups in total. The van der Waals surface area contributed by atoms with Crippen molar-refractivity contribution in [2.75, 3.05) is 39.8 Å². The topological polar surface area (TPSA) is 52.7 Å². The minimum Gasteiger partial charge on any atom is -0.339 e. The van der Waals surface area contributed by atoms with Gasteiger partial charge >= 0.3 is 0 Å². The summed E-state index contributed by atoms with van der Waals surface area (Å²) in [6, 6.07) is 4.88. The van der Waals surface area contributed by atoms with Crippen molar-refractivity contribution in [2.24, 2.45) is 0 Å². The Balaban J connectivity index is 2.04. The van der Waals surface area contributed by atoms with E-state index in [1.54, 1.807) is 30.1 Å². The van der Waals surface area contributed by atoms with Gasteiger partial charge in [0.05, 0.1) is 22.2 Å². The van der Waals surface area contributed by atoms with Crippen LogP contribution in [0.1, 0.15) is 10.4 Å². The van der Waals surface area contributed by atoms with E-state index in [1.807, 2.05) is 0 Å². The molecule has 1 fully saturated rings. The number of nitrogens with zero attached hydrogens (tertiary/aromatic N) is 2. The van der Waals surface area contributed by atoms with E-state index in [-0.39, 0.29) is 34.0 Å². The summed E-state index contributed by atoms with van der Waals surface area (Å²) in [5.41, 5.74) is 0.233. The third-order valence-corrected chi connectivity index (χ3v) is 4.00. The van der Waals surface area contributed by atoms with Crippen LogP contribution in [0.3, 0.4) is 0 Å². The van der Waals surface area contributed by atoms with Crippen molar-refractivity contribution < 1.29 is 9.59 Å². The molecule has 0 atom stereocenters. The summed E-state index contributed by atoms with van der Waals surface area (Å²) in [5, 5.41) is 3.75. The molecule has 21 heavy (non-hydrogen) atoms. The van der Waals surface area contributed by atoms with Gasteiger partial charge in [0.2, 0.25) is 5.91 Å². The van der Waals surface area contributed by atoms with Gasteiger partial charge in [-0.3, -0.25) is 9.59 Å². The second-order valence-corrected chi connectivity index (χ2v) is 5.70. The van der Waals surface area contributed by atoms with Gasteiger partial charge in [-0.1, -0.05) is 29.3 Å². The van der Waals surface area contributed by atoms with E-state index in [0.29, 0.717) is 13.1 Å². The van der Waals surface area contributed by atoms with Crippen LogP contribution in [-0.4, -0.2) is 61.4 Å². The van der Waals surface area contributed by atoms with Gasteiger partial charge in [0, 0.05) is 33.2 Å². The van der Waals surface area contributed by atoms with Gasteiger partial charge in [0.15, 0.2) is 0 Å². The van der Waals surface area contributed by atoms with Crippen molar-refractivity contribution in [2.45, 2.75) is 0 Å². The van der Waals surface area contributed by atoms with E-state index in [0.717, 1.165) is 13.1 Å². The number of piperazine rings is 1. The fourth-order valence-electron chi connectivity index (χ4n) is 2.18. The second kappa shape index (κ2) is 7.11. The molecule has 2 rings (SSSR count). The Hall–Kier alpha value is -1.30. The Morgan fingerprint density at radius 3 is 2.38 bits per heavy atom. The molecule has 114 valence electrons. The third-order valence-electron chi connectivity index (χ3n) is 3.37. The number of likely N-dealkylation sites (N-methyl/N-ethyl adjacent to an activating group) is 1. The van der Waals surface area contributed by atoms with Gasteiger partial charge in [-0.15, -0.1) is 0 Å². The quantitative estimate of drug-likeness (QED) is 0.914. The predicted octanol–water partition coefficient (Wildman–Crippen LogP) is 1.50. The molecular formula is C14H17Cl2N3O2. The molecule has 2 amide bonds. The molecule has 0 unspecified atom stereocenters. The zero-order chi connectivity index (χ0) is 15.4. The zero-order valence-electron chi connectivity index (χ0n) is 11.7. The number of amides is 2. The summed E-state index contributed by atoms with van der Waals surface area (Å²) in [6.07, 6.45) is 0. The smallest absolute Gasteiger partial charge is 0.257 e. The Labute approximate surface area is 133 Å². The molecule has 1 aromatic rings. The Bertz CT molecular complexity index is 525. The maximum atomic E-state index is 12.4. The van der Waals surface area contributed by atoms with Crippen molar-refractivity contribution in [3.63, 3.8) is 0 Å². The molecule has 1 saturated heterocycles. The minimum absolute atomic E-state index is 0.0143. The fourth-order valence-corrected chi connectivity index (χ4v) is 2.74. The van der Waals surface area contributed by atoms with E-state index in [4.69, 9.17) is 23.2 Å². The van der Waals surface area contributed by atoms with Gasteiger partial charge in [-0.2, -0.15) is 0 Å². The minimum atomic E-state index is -0.353. The summed E-state index contributed by atoms with van der Waals surface area (Å²) in [4.78, 5) is 27.6. The van der Waals surface area contributed by atoms with E-state index < -0.39 is 0 Å². The van der Waals surface area contributed by atoms with Crippen molar-refractivity contribution >= 4 is 35.0 Å². The molecule has 0 aliphatic carbocycles. The van der Waals surface area contributed by atoms with E-state index in [9.17, 15) is 9.59 Å². The van der Waals surface area contributed by atoms with Crippen LogP contribution >= 0.6 is 23.2 Å². The average Bonchev–Trinajstić information content (AvgIpc) is 2.47. The lowest BCUT2D eigenvalue weighted by Crippen LogP contribution is -2.49. The summed E-state index contributed by atoms with van der Waals surface area (Å²) in [5.74, 6) is -0.426. The first-order valence-electron chi connectivity index (χ1n) is 6.68. The highest BCUT2D eigenvalue weighted by molar-refractivity contribution is 6.39. The number of benzene rings is 1. The van der Waals surface area contributed by atoms with E-state index in [2.05, 4.69) is 5.32 Å². The molecule has 1 heterocycles. The lowest BCUT2D eigenvalue weighted by atomic mass is 10.2. The molecule has 7 heteroatoms. The summed E-state index contributed by atoms with van der Waals surface area (Å²) in [7, 11) is 1.57. The Morgan fingerprint density at radius 2 is 1.81 bits per heavy atom. The first-order chi connectivity index (χ1) is 10.0. The van der Waals surface area contributed by atoms with Gasteiger partial charge in [0.25, 0.3) is 5.91 Å². The predicted molar refractivity (Wildman–Crippen MR) is 82.9 cm³/mol. The molecule has 0 bridgehead atoms. The average molecular weight is 330 g/mol. The summed E-state index contributed by atoms with van der Waals surface area (Å²) >= 11 is 12.0. The van der Waals surface area contributed by atoms with Crippen LogP contribution in [0, 0.1) is 0 Å². The monoisotopic (exact) mass is 329 g/mol. The van der Waals surface area contributed by atoms with Gasteiger partial charge in [-0.05, 0) is 12.1 Å². The molecule has 1 aliphatic rings. The summed E-state index contributed by atoms with van der Waals surface area (Å²) < 4.78 is 0. The van der Waals surface area contributed by atoms with Gasteiger partial charge in [0.1, 0.15) is 0 Å². The largest absolute Gasteiger partial charge is 0.339 e. The van der Waals surface area contributed by atoms with E-state index >= 15 is 0 Å². The number of nitrogens with one attached hydrogen (secondary N) is 1. The van der Waals surface area contributed by atoms with Crippen LogP contribution in [0.25, 0.3) is 0 Å². The van der Waals surface area contributed by atoms with Crippen LogP contribution in [0.15, 0.2) is 18.2 Å². The molecule has 0 radical (unpaired) electrons. The molecular weight excluding hydrogens is 313 g/mol. The van der Waals surface area contributed by atoms with Gasteiger partial charge in [-0.25, -0.2) is 0 Å². The van der Waals surface area contributed by atoms with Gasteiger partial charge < -0.3 is 15.1 Å². The van der Waals surface area contributed by atoms with Crippen molar-refractivity contribution in [3.8, 4) is 0 Å². The maximum Gasteiger partial charge on any atom is 0.257 e. The fraction of sp³-hybridized carbons (Fsp3) is 0.429. The van der Waals surface area contributed by atoms with Crippen LogP contribution < -0.4 is 5.32 Å². The first-order valence-corrected chi connectivity index (χ1v) is 7.44. The SMILES string of the molecule is CN(CC(=O)N1CCNCC1)C(=O)c1c(Cl)cccc1Cl. The standard InChI is InChI=1S/C14H17Cl2N3O2/c1-18(9-12(20)19-7-5-17-6-8-19)14(21)13-10(15)3-2-4-11(13)16/h2-4,17H,5-9H2,1H3. The zero-order valence-corrected chi connectivity index (χ0v) is 13.2. The highest BCUT2D eigenvalue weighted by atomic mass is 35.5. The molecule has 0 aromatic heterocycles. The highest BCUT2D eigenvalue weighted by Gasteiger charge is 2.23. The number of carbonyl (C=O) groups excluding carboxylic acids is 2. The van der Waals surface area contributed by atoms with Crippen molar-refractivity contribution in [3.05, 3.63) is 33.8 Å². The molecule has 1 aromatic carbocycles. The number of hydrogen-bond donors (Lipinski definition) is 1. The molecule has 1 aliphatic heterocycles. The van der Waals surface area contributed by atoms with Crippen molar-refractivity contribution in [1.82, 2.24) is 15.1 Å². The number of halogens is 2. The van der Waals surface area contributed by atoms with Crippen molar-refractivity contribution in [1.29, 1.82) is 0 Å². The van der Waals surface area contributed by atoms with Crippen LogP contribution in [0.2, 0.25) is 10.0 Å². The number of rotatable bonds is 3. The lowest BCUT2D eigenvalue weighted by molar-refractivity contribution is -0.132. The normalized spacial score (nSPS) is 14.9. The van der Waals surface area contributed by atoms with E-state index in [1.165, 1.54) is 4.90 Å².